The highest BCUT2D eigenvalue weighted by atomic mass is 16.5. The number of carbonyl (C=O) groups excluding carboxylic acids is 1. The number of nitrogens with zero attached hydrogens (tertiary/aromatic N) is 1. The molecule has 0 aliphatic rings. The van der Waals surface area contributed by atoms with E-state index in [1.807, 2.05) is 42.8 Å². The van der Waals surface area contributed by atoms with E-state index in [-0.39, 0.29) is 5.97 Å². The Morgan fingerprint density at radius 2 is 1.94 bits per heavy atom. The standard InChI is InChI=1S/C15H17NO2/c1-4-18-15(17)13-9-10-16(12(13)3)14-8-6-5-7-11(14)2/h5-10H,4H2,1-3H3. The summed E-state index contributed by atoms with van der Waals surface area (Å²) in [6, 6.07) is 9.89. The van der Waals surface area contributed by atoms with Gasteiger partial charge in [0.2, 0.25) is 0 Å². The average molecular weight is 243 g/mol. The molecular formula is C15H17NO2. The number of esters is 1. The van der Waals surface area contributed by atoms with Gasteiger partial charge in [-0.15, -0.1) is 0 Å². The summed E-state index contributed by atoms with van der Waals surface area (Å²) in [5.74, 6) is -0.262. The maximum Gasteiger partial charge on any atom is 0.339 e. The van der Waals surface area contributed by atoms with Gasteiger partial charge in [0, 0.05) is 17.6 Å². The third kappa shape index (κ3) is 2.16. The number of hydrogen-bond acceptors (Lipinski definition) is 2. The van der Waals surface area contributed by atoms with Crippen LogP contribution in [0.15, 0.2) is 36.5 Å². The molecule has 0 aliphatic heterocycles. The van der Waals surface area contributed by atoms with Crippen molar-refractivity contribution in [2.75, 3.05) is 6.61 Å². The van der Waals surface area contributed by atoms with Crippen molar-refractivity contribution < 1.29 is 9.53 Å². The number of ether oxygens (including phenoxy) is 1. The fraction of sp³-hybridized carbons (Fsp3) is 0.267. The summed E-state index contributed by atoms with van der Waals surface area (Å²) in [5, 5.41) is 0. The minimum Gasteiger partial charge on any atom is -0.462 e. The SMILES string of the molecule is CCOC(=O)c1ccn(-c2ccccc2C)c1C. The second kappa shape index (κ2) is 5.08. The normalized spacial score (nSPS) is 10.4. The first kappa shape index (κ1) is 12.4. The number of aromatic nitrogens is 1. The topological polar surface area (TPSA) is 31.2 Å². The number of para-hydroxylation sites is 1. The van der Waals surface area contributed by atoms with Crippen molar-refractivity contribution in [1.82, 2.24) is 4.57 Å². The zero-order valence-corrected chi connectivity index (χ0v) is 10.9. The van der Waals surface area contributed by atoms with E-state index in [1.54, 1.807) is 6.07 Å². The van der Waals surface area contributed by atoms with Crippen LogP contribution in [0.2, 0.25) is 0 Å². The summed E-state index contributed by atoms with van der Waals surface area (Å²) in [6.07, 6.45) is 1.91. The molecule has 0 atom stereocenters. The molecule has 0 fully saturated rings. The lowest BCUT2D eigenvalue weighted by atomic mass is 10.2. The van der Waals surface area contributed by atoms with Crippen LogP contribution in [0.1, 0.15) is 28.5 Å². The van der Waals surface area contributed by atoms with Gasteiger partial charge in [-0.1, -0.05) is 18.2 Å². The first-order valence-corrected chi connectivity index (χ1v) is 6.06. The van der Waals surface area contributed by atoms with E-state index < -0.39 is 0 Å². The van der Waals surface area contributed by atoms with E-state index in [9.17, 15) is 4.79 Å². The van der Waals surface area contributed by atoms with Gasteiger partial charge >= 0.3 is 5.97 Å². The molecule has 2 rings (SSSR count). The Bertz CT molecular complexity index is 570. The molecule has 0 spiro atoms. The Morgan fingerprint density at radius 3 is 2.61 bits per heavy atom. The summed E-state index contributed by atoms with van der Waals surface area (Å²) >= 11 is 0. The summed E-state index contributed by atoms with van der Waals surface area (Å²) in [5.41, 5.74) is 3.79. The Morgan fingerprint density at radius 1 is 1.22 bits per heavy atom. The molecule has 0 bridgehead atoms. The summed E-state index contributed by atoms with van der Waals surface area (Å²) in [7, 11) is 0. The van der Waals surface area contributed by atoms with Crippen LogP contribution >= 0.6 is 0 Å². The number of rotatable bonds is 3. The summed E-state index contributed by atoms with van der Waals surface area (Å²) in [4.78, 5) is 11.8. The van der Waals surface area contributed by atoms with Crippen LogP contribution in [0.3, 0.4) is 0 Å². The van der Waals surface area contributed by atoms with E-state index in [4.69, 9.17) is 4.74 Å². The molecule has 1 heterocycles. The largest absolute Gasteiger partial charge is 0.462 e. The van der Waals surface area contributed by atoms with Crippen LogP contribution in [0.25, 0.3) is 5.69 Å². The van der Waals surface area contributed by atoms with Crippen molar-refractivity contribution in [2.45, 2.75) is 20.8 Å². The van der Waals surface area contributed by atoms with Crippen molar-refractivity contribution in [2.24, 2.45) is 0 Å². The van der Waals surface area contributed by atoms with Crippen molar-refractivity contribution >= 4 is 5.97 Å². The molecule has 3 heteroatoms. The molecule has 2 aromatic rings. The highest BCUT2D eigenvalue weighted by Gasteiger charge is 2.14. The van der Waals surface area contributed by atoms with Crippen LogP contribution < -0.4 is 0 Å². The van der Waals surface area contributed by atoms with E-state index >= 15 is 0 Å². The number of hydrogen-bond donors (Lipinski definition) is 0. The maximum atomic E-state index is 11.8. The van der Waals surface area contributed by atoms with Gasteiger partial charge in [0.1, 0.15) is 0 Å². The van der Waals surface area contributed by atoms with Crippen LogP contribution in [0.4, 0.5) is 0 Å². The highest BCUT2D eigenvalue weighted by Crippen LogP contribution is 2.20. The molecule has 0 N–H and O–H groups in total. The minimum absolute atomic E-state index is 0.262. The van der Waals surface area contributed by atoms with Gasteiger partial charge in [-0.25, -0.2) is 4.79 Å². The van der Waals surface area contributed by atoms with Gasteiger partial charge in [-0.3, -0.25) is 0 Å². The van der Waals surface area contributed by atoms with Gasteiger partial charge in [0.25, 0.3) is 0 Å². The fourth-order valence-corrected chi connectivity index (χ4v) is 2.03. The maximum absolute atomic E-state index is 11.8. The van der Waals surface area contributed by atoms with Crippen LogP contribution in [0, 0.1) is 13.8 Å². The molecule has 1 aromatic heterocycles. The number of benzene rings is 1. The first-order valence-electron chi connectivity index (χ1n) is 6.06. The molecule has 0 radical (unpaired) electrons. The lowest BCUT2D eigenvalue weighted by molar-refractivity contribution is 0.0525. The molecule has 0 unspecified atom stereocenters. The quantitative estimate of drug-likeness (QED) is 0.775. The lowest BCUT2D eigenvalue weighted by Gasteiger charge is -2.10. The molecule has 94 valence electrons. The second-order valence-electron chi connectivity index (χ2n) is 4.19. The fourth-order valence-electron chi connectivity index (χ4n) is 2.03. The van der Waals surface area contributed by atoms with Gasteiger partial charge in [0.15, 0.2) is 0 Å². The Hall–Kier alpha value is -2.03. The van der Waals surface area contributed by atoms with E-state index in [2.05, 4.69) is 13.0 Å². The summed E-state index contributed by atoms with van der Waals surface area (Å²) < 4.78 is 7.05. The van der Waals surface area contributed by atoms with E-state index in [0.717, 1.165) is 11.4 Å². The van der Waals surface area contributed by atoms with Gasteiger partial charge < -0.3 is 9.30 Å². The number of carbonyl (C=O) groups is 1. The smallest absolute Gasteiger partial charge is 0.339 e. The van der Waals surface area contributed by atoms with Crippen molar-refractivity contribution in [3.8, 4) is 5.69 Å². The van der Waals surface area contributed by atoms with Gasteiger partial charge in [-0.05, 0) is 38.5 Å². The van der Waals surface area contributed by atoms with Gasteiger partial charge in [0.05, 0.1) is 12.2 Å². The predicted octanol–water partition coefficient (Wildman–Crippen LogP) is 3.27. The molecule has 1 aromatic carbocycles. The molecular weight excluding hydrogens is 226 g/mol. The van der Waals surface area contributed by atoms with Crippen LogP contribution in [0.5, 0.6) is 0 Å². The highest BCUT2D eigenvalue weighted by molar-refractivity contribution is 5.91. The third-order valence-corrected chi connectivity index (χ3v) is 3.01. The van der Waals surface area contributed by atoms with Crippen LogP contribution in [-0.2, 0) is 4.74 Å². The second-order valence-corrected chi connectivity index (χ2v) is 4.19. The zero-order valence-electron chi connectivity index (χ0n) is 10.9. The lowest BCUT2D eigenvalue weighted by Crippen LogP contribution is -2.07. The minimum atomic E-state index is -0.262. The number of aryl methyl sites for hydroxylation is 1. The third-order valence-electron chi connectivity index (χ3n) is 3.01. The summed E-state index contributed by atoms with van der Waals surface area (Å²) in [6.45, 7) is 6.19. The average Bonchev–Trinajstić information content (AvgIpc) is 2.72. The van der Waals surface area contributed by atoms with Gasteiger partial charge in [-0.2, -0.15) is 0 Å². The first-order chi connectivity index (χ1) is 8.65. The Kier molecular flexibility index (Phi) is 3.51. The Balaban J connectivity index is 2.43. The Labute approximate surface area is 107 Å². The monoisotopic (exact) mass is 243 g/mol. The van der Waals surface area contributed by atoms with Crippen molar-refractivity contribution in [3.05, 3.63) is 53.3 Å². The molecule has 0 aliphatic carbocycles. The zero-order chi connectivity index (χ0) is 13.1. The molecule has 0 amide bonds. The molecule has 18 heavy (non-hydrogen) atoms. The van der Waals surface area contributed by atoms with Crippen molar-refractivity contribution in [1.29, 1.82) is 0 Å². The van der Waals surface area contributed by atoms with E-state index in [0.29, 0.717) is 12.2 Å². The van der Waals surface area contributed by atoms with Crippen LogP contribution in [-0.4, -0.2) is 17.1 Å². The molecule has 0 saturated carbocycles. The molecule has 3 nitrogen and oxygen atoms in total. The molecule has 0 saturated heterocycles. The van der Waals surface area contributed by atoms with Crippen molar-refractivity contribution in [3.63, 3.8) is 0 Å². The van der Waals surface area contributed by atoms with E-state index in [1.165, 1.54) is 5.56 Å². The predicted molar refractivity (Wildman–Crippen MR) is 71.2 cm³/mol.